The molecule has 7 nitrogen and oxygen atoms in total. The quantitative estimate of drug-likeness (QED) is 0.399. The summed E-state index contributed by atoms with van der Waals surface area (Å²) in [5.41, 5.74) is 2.93. The fourth-order valence-electron chi connectivity index (χ4n) is 3.08. The first-order valence-corrected chi connectivity index (χ1v) is 8.33. The van der Waals surface area contributed by atoms with E-state index in [4.69, 9.17) is 5.26 Å². The van der Waals surface area contributed by atoms with Crippen molar-refractivity contribution in [2.45, 2.75) is 0 Å². The molecule has 0 fully saturated rings. The van der Waals surface area contributed by atoms with Gasteiger partial charge in [0.25, 0.3) is 11.6 Å². The molecule has 2 aromatic heterocycles. The molecule has 0 bridgehead atoms. The largest absolute Gasteiger partial charge is 0.282 e. The van der Waals surface area contributed by atoms with Gasteiger partial charge in [-0.25, -0.2) is 0 Å². The SMILES string of the molecule is N#Cc1ccc(-c2cncc3c2ccn3C(=O)c2cccc([N+](=O)[O-])c2)cc1. The molecule has 0 spiro atoms. The Bertz CT molecular complexity index is 1270. The highest BCUT2D eigenvalue weighted by molar-refractivity contribution is 6.05. The van der Waals surface area contributed by atoms with E-state index >= 15 is 0 Å². The lowest BCUT2D eigenvalue weighted by atomic mass is 10.0. The number of aromatic nitrogens is 2. The van der Waals surface area contributed by atoms with Crippen LogP contribution in [0, 0.1) is 21.4 Å². The number of pyridine rings is 1. The number of hydrogen-bond donors (Lipinski definition) is 0. The molecule has 0 unspecified atom stereocenters. The Kier molecular flexibility index (Phi) is 4.14. The molecule has 0 aliphatic rings. The molecule has 0 saturated heterocycles. The third-order valence-electron chi connectivity index (χ3n) is 4.46. The van der Waals surface area contributed by atoms with Crippen LogP contribution in [-0.2, 0) is 0 Å². The second kappa shape index (κ2) is 6.78. The van der Waals surface area contributed by atoms with Gasteiger partial charge in [-0.05, 0) is 29.8 Å². The molecule has 0 atom stereocenters. The third-order valence-corrected chi connectivity index (χ3v) is 4.46. The summed E-state index contributed by atoms with van der Waals surface area (Å²) in [6, 6.07) is 16.6. The van der Waals surface area contributed by atoms with Gasteiger partial charge in [0.1, 0.15) is 0 Å². The molecule has 0 N–H and O–H groups in total. The van der Waals surface area contributed by atoms with Crippen LogP contribution in [0.5, 0.6) is 0 Å². The van der Waals surface area contributed by atoms with Gasteiger partial charge in [-0.15, -0.1) is 0 Å². The van der Waals surface area contributed by atoms with Gasteiger partial charge in [0, 0.05) is 41.0 Å². The summed E-state index contributed by atoms with van der Waals surface area (Å²) in [5.74, 6) is -0.377. The van der Waals surface area contributed by atoms with E-state index in [0.717, 1.165) is 16.5 Å². The Morgan fingerprint density at radius 1 is 1.11 bits per heavy atom. The molecule has 4 rings (SSSR count). The van der Waals surface area contributed by atoms with Crippen molar-refractivity contribution in [2.75, 3.05) is 0 Å². The van der Waals surface area contributed by atoms with Crippen molar-refractivity contribution in [2.24, 2.45) is 0 Å². The molecule has 4 aromatic rings. The van der Waals surface area contributed by atoms with E-state index in [1.165, 1.54) is 22.8 Å². The molecule has 0 radical (unpaired) electrons. The summed E-state index contributed by atoms with van der Waals surface area (Å²) in [7, 11) is 0. The van der Waals surface area contributed by atoms with Crippen LogP contribution in [0.1, 0.15) is 15.9 Å². The highest BCUT2D eigenvalue weighted by Crippen LogP contribution is 2.29. The van der Waals surface area contributed by atoms with E-state index in [1.807, 2.05) is 12.1 Å². The number of fused-ring (bicyclic) bond motifs is 1. The van der Waals surface area contributed by atoms with Crippen LogP contribution >= 0.6 is 0 Å². The minimum atomic E-state index is -0.533. The Morgan fingerprint density at radius 3 is 2.61 bits per heavy atom. The van der Waals surface area contributed by atoms with Gasteiger partial charge < -0.3 is 0 Å². The first kappa shape index (κ1) is 17.1. The summed E-state index contributed by atoms with van der Waals surface area (Å²) in [4.78, 5) is 27.6. The lowest BCUT2D eigenvalue weighted by molar-refractivity contribution is -0.384. The molecule has 0 amide bonds. The van der Waals surface area contributed by atoms with Gasteiger partial charge in [0.05, 0.1) is 28.3 Å². The number of nitrogens with zero attached hydrogens (tertiary/aromatic N) is 4. The number of benzene rings is 2. The zero-order valence-electron chi connectivity index (χ0n) is 14.4. The normalized spacial score (nSPS) is 10.5. The zero-order valence-corrected chi connectivity index (χ0v) is 14.4. The smallest absolute Gasteiger partial charge is 0.270 e. The van der Waals surface area contributed by atoms with E-state index in [9.17, 15) is 14.9 Å². The number of carbonyl (C=O) groups excluding carboxylic acids is 1. The van der Waals surface area contributed by atoms with Gasteiger partial charge in [0.2, 0.25) is 0 Å². The average molecular weight is 368 g/mol. The summed E-state index contributed by atoms with van der Waals surface area (Å²) >= 11 is 0. The standard InChI is InChI=1S/C21H12N4O3/c22-11-14-4-6-15(7-5-14)19-12-23-13-20-18(19)8-9-24(20)21(26)16-2-1-3-17(10-16)25(27)28/h1-10,12-13H. The predicted molar refractivity (Wildman–Crippen MR) is 103 cm³/mol. The number of nitro groups is 1. The van der Waals surface area contributed by atoms with Crippen molar-refractivity contribution in [3.63, 3.8) is 0 Å². The van der Waals surface area contributed by atoms with E-state index in [-0.39, 0.29) is 17.2 Å². The first-order chi connectivity index (χ1) is 13.6. The number of rotatable bonds is 3. The van der Waals surface area contributed by atoms with Crippen LogP contribution in [0.3, 0.4) is 0 Å². The summed E-state index contributed by atoms with van der Waals surface area (Å²) in [6.07, 6.45) is 4.91. The van der Waals surface area contributed by atoms with Gasteiger partial charge in [-0.1, -0.05) is 18.2 Å². The Labute approximate surface area is 159 Å². The summed E-state index contributed by atoms with van der Waals surface area (Å²) in [6.45, 7) is 0. The van der Waals surface area contributed by atoms with Gasteiger partial charge in [-0.2, -0.15) is 5.26 Å². The van der Waals surface area contributed by atoms with Crippen molar-refractivity contribution >= 4 is 22.5 Å². The van der Waals surface area contributed by atoms with Crippen LogP contribution in [0.4, 0.5) is 5.69 Å². The van der Waals surface area contributed by atoms with Crippen molar-refractivity contribution in [3.05, 3.63) is 94.4 Å². The number of non-ortho nitro benzene ring substituents is 1. The molecule has 0 aliphatic heterocycles. The molecule has 28 heavy (non-hydrogen) atoms. The topological polar surface area (TPSA) is 102 Å². The van der Waals surface area contributed by atoms with Crippen LogP contribution in [0.2, 0.25) is 0 Å². The fraction of sp³-hybridized carbons (Fsp3) is 0. The minimum absolute atomic E-state index is 0.140. The minimum Gasteiger partial charge on any atom is -0.282 e. The second-order valence-corrected chi connectivity index (χ2v) is 6.11. The van der Waals surface area contributed by atoms with E-state index in [2.05, 4.69) is 11.1 Å². The van der Waals surface area contributed by atoms with Crippen LogP contribution in [0.25, 0.3) is 22.0 Å². The van der Waals surface area contributed by atoms with Gasteiger partial charge >= 0.3 is 0 Å². The molecule has 0 aliphatic carbocycles. The number of hydrogen-bond acceptors (Lipinski definition) is 5. The highest BCUT2D eigenvalue weighted by atomic mass is 16.6. The van der Waals surface area contributed by atoms with E-state index in [1.54, 1.807) is 42.9 Å². The molecular formula is C21H12N4O3. The van der Waals surface area contributed by atoms with Crippen LogP contribution in [0.15, 0.2) is 73.2 Å². The number of nitro benzene ring substituents is 1. The number of nitriles is 1. The Balaban J connectivity index is 1.80. The van der Waals surface area contributed by atoms with Crippen LogP contribution in [-0.4, -0.2) is 20.4 Å². The van der Waals surface area contributed by atoms with E-state index in [0.29, 0.717) is 11.1 Å². The molecule has 2 aromatic carbocycles. The second-order valence-electron chi connectivity index (χ2n) is 6.11. The highest BCUT2D eigenvalue weighted by Gasteiger charge is 2.16. The van der Waals surface area contributed by atoms with Gasteiger partial charge in [0.15, 0.2) is 0 Å². The monoisotopic (exact) mass is 368 g/mol. The fourth-order valence-corrected chi connectivity index (χ4v) is 3.08. The summed E-state index contributed by atoms with van der Waals surface area (Å²) in [5, 5.41) is 20.7. The van der Waals surface area contributed by atoms with Crippen LogP contribution < -0.4 is 0 Å². The average Bonchev–Trinajstić information content (AvgIpc) is 3.17. The molecule has 0 saturated carbocycles. The lowest BCUT2D eigenvalue weighted by Crippen LogP contribution is -2.11. The molecule has 7 heteroatoms. The Hall–Kier alpha value is -4.31. The maximum Gasteiger partial charge on any atom is 0.270 e. The zero-order chi connectivity index (χ0) is 19.7. The van der Waals surface area contributed by atoms with Gasteiger partial charge in [-0.3, -0.25) is 24.5 Å². The third kappa shape index (κ3) is 2.89. The van der Waals surface area contributed by atoms with Crippen molar-refractivity contribution < 1.29 is 9.72 Å². The van der Waals surface area contributed by atoms with Crippen molar-refractivity contribution in [3.8, 4) is 17.2 Å². The maximum absolute atomic E-state index is 12.9. The molecule has 134 valence electrons. The maximum atomic E-state index is 12.9. The first-order valence-electron chi connectivity index (χ1n) is 8.33. The summed E-state index contributed by atoms with van der Waals surface area (Å²) < 4.78 is 1.43. The Morgan fingerprint density at radius 2 is 1.89 bits per heavy atom. The predicted octanol–water partition coefficient (Wildman–Crippen LogP) is 4.17. The molecular weight excluding hydrogens is 356 g/mol. The van der Waals surface area contributed by atoms with Crippen molar-refractivity contribution in [1.82, 2.24) is 9.55 Å². The van der Waals surface area contributed by atoms with Crippen molar-refractivity contribution in [1.29, 1.82) is 5.26 Å². The molecule has 2 heterocycles. The lowest BCUT2D eigenvalue weighted by Gasteiger charge is -2.07. The van der Waals surface area contributed by atoms with E-state index < -0.39 is 4.92 Å². The number of carbonyl (C=O) groups is 1.